The molecule has 0 unspecified atom stereocenters. The predicted molar refractivity (Wildman–Crippen MR) is 96.0 cm³/mol. The standard InChI is InChI=1S/C20H32O2/c1-2-3-4-5-6-7-8-9-10-11-12-13-14-15-16-17-18-19-20(21)22/h6-7,9-10,12-13,15-16H,2-5,8,11,14,17-19H2,1H3,(H,21,22)/b7-6-,10-9-,13-12-,16-15-/i18D2,19D2. The topological polar surface area (TPSA) is 37.3 Å². The first-order chi connectivity index (χ1) is 12.3. The van der Waals surface area contributed by atoms with Crippen LogP contribution in [0.25, 0.3) is 0 Å². The third kappa shape index (κ3) is 18.4. The lowest BCUT2D eigenvalue weighted by Crippen LogP contribution is -1.92. The van der Waals surface area contributed by atoms with Gasteiger partial charge in [-0.3, -0.25) is 4.79 Å². The first-order valence-corrected chi connectivity index (χ1v) is 8.09. The van der Waals surface area contributed by atoms with Crippen molar-refractivity contribution >= 4 is 5.97 Å². The molecule has 0 spiro atoms. The molecule has 0 atom stereocenters. The minimum absolute atomic E-state index is 0.273. The van der Waals surface area contributed by atoms with E-state index in [1.807, 2.05) is 12.2 Å². The Hall–Kier alpha value is -1.57. The number of carboxylic acid groups (broad SMARTS) is 1. The second kappa shape index (κ2) is 17.5. The number of hydrogen-bond donors (Lipinski definition) is 1. The monoisotopic (exact) mass is 308 g/mol. The Morgan fingerprint density at radius 3 is 1.86 bits per heavy atom. The van der Waals surface area contributed by atoms with E-state index in [-0.39, 0.29) is 6.42 Å². The largest absolute Gasteiger partial charge is 0.481 e. The highest BCUT2D eigenvalue weighted by atomic mass is 16.4. The number of allylic oxidation sites excluding steroid dienone is 8. The quantitative estimate of drug-likeness (QED) is 0.305. The number of hydrogen-bond acceptors (Lipinski definition) is 1. The van der Waals surface area contributed by atoms with E-state index in [0.29, 0.717) is 6.42 Å². The predicted octanol–water partition coefficient (Wildman–Crippen LogP) is 6.22. The second-order valence-electron chi connectivity index (χ2n) is 4.90. The van der Waals surface area contributed by atoms with E-state index >= 15 is 0 Å². The molecule has 0 aliphatic rings. The van der Waals surface area contributed by atoms with Crippen molar-refractivity contribution in [3.63, 3.8) is 0 Å². The van der Waals surface area contributed by atoms with E-state index in [2.05, 4.69) is 31.2 Å². The Morgan fingerprint density at radius 2 is 1.36 bits per heavy atom. The van der Waals surface area contributed by atoms with Crippen LogP contribution in [0.4, 0.5) is 0 Å². The lowest BCUT2D eigenvalue weighted by atomic mass is 10.2. The summed E-state index contributed by atoms with van der Waals surface area (Å²) in [4.78, 5) is 10.8. The van der Waals surface area contributed by atoms with Crippen molar-refractivity contribution in [3.8, 4) is 0 Å². The summed E-state index contributed by atoms with van der Waals surface area (Å²) in [5.74, 6) is -1.78. The molecule has 2 heteroatoms. The van der Waals surface area contributed by atoms with Crippen LogP contribution in [0.3, 0.4) is 0 Å². The second-order valence-corrected chi connectivity index (χ2v) is 4.90. The Kier molecular flexibility index (Phi) is 11.2. The van der Waals surface area contributed by atoms with Crippen LogP contribution >= 0.6 is 0 Å². The third-order valence-electron chi connectivity index (χ3n) is 2.87. The van der Waals surface area contributed by atoms with Gasteiger partial charge in [0.1, 0.15) is 0 Å². The maximum Gasteiger partial charge on any atom is 0.303 e. The zero-order valence-corrected chi connectivity index (χ0v) is 13.6. The molecule has 0 aromatic carbocycles. The van der Waals surface area contributed by atoms with Gasteiger partial charge in [0.05, 0.1) is 0 Å². The number of rotatable bonds is 14. The maximum absolute atomic E-state index is 10.8. The minimum Gasteiger partial charge on any atom is -0.481 e. The highest BCUT2D eigenvalue weighted by Crippen LogP contribution is 2.01. The summed E-state index contributed by atoms with van der Waals surface area (Å²) >= 11 is 0. The van der Waals surface area contributed by atoms with Crippen LogP contribution in [0.5, 0.6) is 0 Å². The highest BCUT2D eigenvalue weighted by Gasteiger charge is 1.92. The number of aliphatic carboxylic acids is 1. The molecule has 0 rings (SSSR count). The molecular formula is C20H32O2. The molecule has 0 bridgehead atoms. The van der Waals surface area contributed by atoms with E-state index in [1.54, 1.807) is 6.08 Å². The first-order valence-electron chi connectivity index (χ1n) is 10.1. The van der Waals surface area contributed by atoms with Crippen molar-refractivity contribution in [1.82, 2.24) is 0 Å². The molecule has 0 saturated heterocycles. The zero-order chi connectivity index (χ0) is 19.9. The van der Waals surface area contributed by atoms with Gasteiger partial charge >= 0.3 is 5.97 Å². The van der Waals surface area contributed by atoms with E-state index < -0.39 is 18.7 Å². The third-order valence-corrected chi connectivity index (χ3v) is 2.87. The number of carbonyl (C=O) groups is 1. The van der Waals surface area contributed by atoms with Gasteiger partial charge in [-0.1, -0.05) is 68.4 Å². The Bertz CT molecular complexity index is 506. The smallest absolute Gasteiger partial charge is 0.303 e. The highest BCUT2D eigenvalue weighted by molar-refractivity contribution is 5.66. The Balaban J connectivity index is 3.92. The average Bonchev–Trinajstić information content (AvgIpc) is 2.58. The van der Waals surface area contributed by atoms with Gasteiger partial charge in [-0.2, -0.15) is 0 Å². The fourth-order valence-corrected chi connectivity index (χ4v) is 1.71. The lowest BCUT2D eigenvalue weighted by molar-refractivity contribution is -0.137. The van der Waals surface area contributed by atoms with Gasteiger partial charge in [0.15, 0.2) is 0 Å². The number of carboxylic acids is 1. The molecule has 22 heavy (non-hydrogen) atoms. The van der Waals surface area contributed by atoms with Crippen LogP contribution in [0, 0.1) is 0 Å². The molecule has 0 radical (unpaired) electrons. The summed E-state index contributed by atoms with van der Waals surface area (Å²) < 4.78 is 29.7. The summed E-state index contributed by atoms with van der Waals surface area (Å²) in [6.07, 6.45) is 17.5. The fraction of sp³-hybridized carbons (Fsp3) is 0.550. The molecule has 0 saturated carbocycles. The molecule has 124 valence electrons. The first kappa shape index (κ1) is 14.0. The van der Waals surface area contributed by atoms with E-state index in [9.17, 15) is 4.79 Å². The lowest BCUT2D eigenvalue weighted by Gasteiger charge is -1.90. The molecule has 0 amide bonds. The summed E-state index contributed by atoms with van der Waals surface area (Å²) in [7, 11) is 0. The van der Waals surface area contributed by atoms with Crippen LogP contribution < -0.4 is 0 Å². The molecule has 0 aliphatic heterocycles. The molecule has 2 nitrogen and oxygen atoms in total. The fourth-order valence-electron chi connectivity index (χ4n) is 1.71. The minimum atomic E-state index is -2.90. The van der Waals surface area contributed by atoms with E-state index in [4.69, 9.17) is 10.6 Å². The van der Waals surface area contributed by atoms with Gasteiger partial charge < -0.3 is 5.11 Å². The van der Waals surface area contributed by atoms with Crippen molar-refractivity contribution in [2.75, 3.05) is 0 Å². The molecule has 0 heterocycles. The Labute approximate surface area is 141 Å². The van der Waals surface area contributed by atoms with Crippen LogP contribution in [0.1, 0.15) is 76.5 Å². The Morgan fingerprint density at radius 1 is 0.864 bits per heavy atom. The average molecular weight is 308 g/mol. The van der Waals surface area contributed by atoms with Crippen LogP contribution in [0.2, 0.25) is 0 Å². The van der Waals surface area contributed by atoms with Gasteiger partial charge in [0.25, 0.3) is 0 Å². The molecule has 0 fully saturated rings. The normalized spacial score (nSPS) is 16.4. The van der Waals surface area contributed by atoms with Gasteiger partial charge in [0.2, 0.25) is 0 Å². The molecule has 1 N–H and O–H groups in total. The molecule has 0 aromatic rings. The van der Waals surface area contributed by atoms with Crippen LogP contribution in [0.15, 0.2) is 48.6 Å². The van der Waals surface area contributed by atoms with E-state index in [0.717, 1.165) is 19.3 Å². The van der Waals surface area contributed by atoms with Gasteiger partial charge in [-0.15, -0.1) is 0 Å². The van der Waals surface area contributed by atoms with Crippen LogP contribution in [-0.4, -0.2) is 11.1 Å². The van der Waals surface area contributed by atoms with Crippen LogP contribution in [-0.2, 0) is 4.79 Å². The number of unbranched alkanes of at least 4 members (excludes halogenated alkanes) is 3. The van der Waals surface area contributed by atoms with Crippen molar-refractivity contribution in [3.05, 3.63) is 48.6 Å². The molecular weight excluding hydrogens is 272 g/mol. The molecule has 0 aromatic heterocycles. The summed E-state index contributed by atoms with van der Waals surface area (Å²) in [6, 6.07) is 0. The zero-order valence-electron chi connectivity index (χ0n) is 17.6. The van der Waals surface area contributed by atoms with Crippen molar-refractivity contribution in [1.29, 1.82) is 0 Å². The molecule has 0 aliphatic carbocycles. The summed E-state index contributed by atoms with van der Waals surface area (Å²) in [6.45, 7) is 2.20. The summed E-state index contributed by atoms with van der Waals surface area (Å²) in [5, 5.41) is 8.74. The van der Waals surface area contributed by atoms with Gasteiger partial charge in [-0.25, -0.2) is 0 Å². The van der Waals surface area contributed by atoms with Crippen molar-refractivity contribution < 1.29 is 15.4 Å². The van der Waals surface area contributed by atoms with Gasteiger partial charge in [-0.05, 0) is 44.9 Å². The summed E-state index contributed by atoms with van der Waals surface area (Å²) in [5.41, 5.74) is 0. The van der Waals surface area contributed by atoms with Crippen molar-refractivity contribution in [2.24, 2.45) is 0 Å². The van der Waals surface area contributed by atoms with E-state index in [1.165, 1.54) is 25.3 Å². The van der Waals surface area contributed by atoms with Gasteiger partial charge in [0, 0.05) is 11.9 Å². The van der Waals surface area contributed by atoms with Crippen molar-refractivity contribution in [2.45, 2.75) is 71.0 Å². The SMILES string of the molecule is [2H]C([2H])(C/C=C\C/C=C\C/C=C\C/C=C\CCCCC)C([2H])([2H])C(=O)O. The maximum atomic E-state index is 10.8.